The Morgan fingerprint density at radius 3 is 2.70 bits per heavy atom. The molecule has 0 amide bonds. The third-order valence-corrected chi connectivity index (χ3v) is 4.41. The fraction of sp³-hybridized carbons (Fsp3) is 0.474. The van der Waals surface area contributed by atoms with E-state index in [0.717, 1.165) is 60.3 Å². The molecule has 1 aromatic carbocycles. The third-order valence-electron chi connectivity index (χ3n) is 4.41. The maximum atomic E-state index is 5.42. The van der Waals surface area contributed by atoms with E-state index in [0.29, 0.717) is 13.3 Å². The molecule has 2 aromatic rings. The molecule has 148 valence electrons. The number of benzene rings is 1. The molecule has 3 rings (SSSR count). The molecular weight excluding hydrogens is 459 g/mol. The number of halogens is 1. The normalized spacial score (nSPS) is 12.6. The summed E-state index contributed by atoms with van der Waals surface area (Å²) in [5, 5.41) is 10.8. The van der Waals surface area contributed by atoms with Crippen LogP contribution in [0.5, 0.6) is 11.5 Å². The Hall–Kier alpha value is -1.97. The van der Waals surface area contributed by atoms with E-state index in [9.17, 15) is 0 Å². The van der Waals surface area contributed by atoms with Crippen molar-refractivity contribution in [2.75, 3.05) is 20.4 Å². The van der Waals surface area contributed by atoms with Crippen LogP contribution < -0.4 is 20.1 Å². The molecule has 2 N–H and O–H groups in total. The highest BCUT2D eigenvalue weighted by Crippen LogP contribution is 2.32. The molecule has 8 heteroatoms. The molecular formula is C19H27IN4O3. The monoisotopic (exact) mass is 486 g/mol. The Morgan fingerprint density at radius 2 is 1.96 bits per heavy atom. The van der Waals surface area contributed by atoms with Crippen LogP contribution in [0.25, 0.3) is 0 Å². The van der Waals surface area contributed by atoms with Gasteiger partial charge in [-0.2, -0.15) is 0 Å². The van der Waals surface area contributed by atoms with E-state index < -0.39 is 0 Å². The number of hydrogen-bond acceptors (Lipinski definition) is 5. The molecule has 0 bridgehead atoms. The van der Waals surface area contributed by atoms with Gasteiger partial charge in [0.25, 0.3) is 0 Å². The van der Waals surface area contributed by atoms with Crippen LogP contribution in [0.1, 0.15) is 36.4 Å². The number of aryl methyl sites for hydroxylation is 2. The minimum absolute atomic E-state index is 0. The summed E-state index contributed by atoms with van der Waals surface area (Å²) >= 11 is 0. The maximum absolute atomic E-state index is 5.42. The molecule has 1 aromatic heterocycles. The van der Waals surface area contributed by atoms with Gasteiger partial charge in [-0.3, -0.25) is 4.99 Å². The summed E-state index contributed by atoms with van der Waals surface area (Å²) in [6, 6.07) is 6.04. The van der Waals surface area contributed by atoms with Crippen molar-refractivity contribution in [3.05, 3.63) is 40.8 Å². The second-order valence-electron chi connectivity index (χ2n) is 6.03. The van der Waals surface area contributed by atoms with Gasteiger partial charge in [0, 0.05) is 32.1 Å². The largest absolute Gasteiger partial charge is 0.454 e. The van der Waals surface area contributed by atoms with Crippen LogP contribution in [0.4, 0.5) is 0 Å². The van der Waals surface area contributed by atoms with Crippen LogP contribution in [-0.4, -0.2) is 31.5 Å². The van der Waals surface area contributed by atoms with Gasteiger partial charge in [-0.25, -0.2) is 0 Å². The first kappa shape index (κ1) is 21.3. The summed E-state index contributed by atoms with van der Waals surface area (Å²) in [5.41, 5.74) is 3.33. The first-order valence-corrected chi connectivity index (χ1v) is 9.04. The maximum Gasteiger partial charge on any atom is 0.231 e. The van der Waals surface area contributed by atoms with Crippen LogP contribution in [0.15, 0.2) is 27.7 Å². The van der Waals surface area contributed by atoms with E-state index in [-0.39, 0.29) is 24.0 Å². The van der Waals surface area contributed by atoms with Gasteiger partial charge in [-0.1, -0.05) is 25.1 Å². The first-order chi connectivity index (χ1) is 12.7. The summed E-state index contributed by atoms with van der Waals surface area (Å²) in [5.74, 6) is 3.32. The Kier molecular flexibility index (Phi) is 8.21. The number of hydrogen-bond donors (Lipinski definition) is 2. The van der Waals surface area contributed by atoms with Crippen molar-refractivity contribution < 1.29 is 14.0 Å². The molecule has 0 saturated carbocycles. The Labute approximate surface area is 176 Å². The quantitative estimate of drug-likeness (QED) is 0.356. The number of guanidine groups is 1. The van der Waals surface area contributed by atoms with Crippen LogP contribution in [-0.2, 0) is 25.8 Å². The lowest BCUT2D eigenvalue weighted by Gasteiger charge is -2.12. The van der Waals surface area contributed by atoms with Gasteiger partial charge in [-0.05, 0) is 30.5 Å². The van der Waals surface area contributed by atoms with Gasteiger partial charge in [0.2, 0.25) is 6.79 Å². The number of ether oxygens (including phenoxy) is 2. The molecule has 0 aliphatic carbocycles. The SMILES string of the molecule is CCc1noc(CC)c1CNC(=NC)NCCc1ccc2c(c1)OCO2.I. The molecule has 2 heterocycles. The highest BCUT2D eigenvalue weighted by atomic mass is 127. The smallest absolute Gasteiger partial charge is 0.231 e. The van der Waals surface area contributed by atoms with Crippen LogP contribution in [0.3, 0.4) is 0 Å². The summed E-state index contributed by atoms with van der Waals surface area (Å²) in [4.78, 5) is 4.29. The van der Waals surface area contributed by atoms with Crippen molar-refractivity contribution in [1.29, 1.82) is 0 Å². The lowest BCUT2D eigenvalue weighted by Crippen LogP contribution is -2.38. The standard InChI is InChI=1S/C19H26N4O3.HI/c1-4-15-14(16(5-2)26-23-15)11-22-19(20-3)21-9-8-13-6-7-17-18(10-13)25-12-24-17;/h6-7,10H,4-5,8-9,11-12H2,1-3H3,(H2,20,21,22);1H. The second-order valence-corrected chi connectivity index (χ2v) is 6.03. The van der Waals surface area contributed by atoms with E-state index in [4.69, 9.17) is 14.0 Å². The highest BCUT2D eigenvalue weighted by Gasteiger charge is 2.14. The zero-order chi connectivity index (χ0) is 18.4. The molecule has 0 radical (unpaired) electrons. The Morgan fingerprint density at radius 1 is 1.15 bits per heavy atom. The van der Waals surface area contributed by atoms with Gasteiger partial charge < -0.3 is 24.6 Å². The summed E-state index contributed by atoms with van der Waals surface area (Å²) in [6.07, 6.45) is 2.56. The number of aliphatic imine (C=N–C) groups is 1. The van der Waals surface area contributed by atoms with E-state index >= 15 is 0 Å². The molecule has 1 aliphatic heterocycles. The minimum atomic E-state index is 0. The summed E-state index contributed by atoms with van der Waals surface area (Å²) < 4.78 is 16.2. The van der Waals surface area contributed by atoms with Crippen LogP contribution in [0.2, 0.25) is 0 Å². The van der Waals surface area contributed by atoms with Crippen molar-refractivity contribution in [2.24, 2.45) is 4.99 Å². The zero-order valence-electron chi connectivity index (χ0n) is 16.0. The van der Waals surface area contributed by atoms with Gasteiger partial charge in [0.05, 0.1) is 5.69 Å². The number of rotatable bonds is 7. The van der Waals surface area contributed by atoms with Crippen molar-refractivity contribution in [3.63, 3.8) is 0 Å². The lowest BCUT2D eigenvalue weighted by molar-refractivity contribution is 0.174. The van der Waals surface area contributed by atoms with Gasteiger partial charge in [0.15, 0.2) is 17.5 Å². The van der Waals surface area contributed by atoms with Crippen molar-refractivity contribution in [1.82, 2.24) is 15.8 Å². The molecule has 27 heavy (non-hydrogen) atoms. The van der Waals surface area contributed by atoms with Gasteiger partial charge >= 0.3 is 0 Å². The highest BCUT2D eigenvalue weighted by molar-refractivity contribution is 14.0. The van der Waals surface area contributed by atoms with Gasteiger partial charge in [0.1, 0.15) is 5.76 Å². The number of fused-ring (bicyclic) bond motifs is 1. The van der Waals surface area contributed by atoms with Crippen LogP contribution in [0, 0.1) is 0 Å². The zero-order valence-corrected chi connectivity index (χ0v) is 18.3. The molecule has 0 unspecified atom stereocenters. The van der Waals surface area contributed by atoms with E-state index in [1.54, 1.807) is 7.05 Å². The first-order valence-electron chi connectivity index (χ1n) is 9.04. The predicted octanol–water partition coefficient (Wildman–Crippen LogP) is 3.05. The minimum Gasteiger partial charge on any atom is -0.454 e. The molecule has 0 saturated heterocycles. The molecule has 1 aliphatic rings. The van der Waals surface area contributed by atoms with Crippen molar-refractivity contribution >= 4 is 29.9 Å². The lowest BCUT2D eigenvalue weighted by atomic mass is 10.1. The summed E-state index contributed by atoms with van der Waals surface area (Å²) in [7, 11) is 1.77. The fourth-order valence-electron chi connectivity index (χ4n) is 2.95. The van der Waals surface area contributed by atoms with E-state index in [1.807, 2.05) is 12.1 Å². The van der Waals surface area contributed by atoms with E-state index in [2.05, 4.69) is 40.7 Å². The number of aromatic nitrogens is 1. The average Bonchev–Trinajstić information content (AvgIpc) is 3.29. The third kappa shape index (κ3) is 5.27. The number of nitrogens with one attached hydrogen (secondary N) is 2. The Balaban J connectivity index is 0.00000261. The predicted molar refractivity (Wildman–Crippen MR) is 115 cm³/mol. The van der Waals surface area contributed by atoms with Crippen LogP contribution >= 0.6 is 24.0 Å². The van der Waals surface area contributed by atoms with E-state index in [1.165, 1.54) is 5.56 Å². The average molecular weight is 486 g/mol. The topological polar surface area (TPSA) is 80.9 Å². The second kappa shape index (κ2) is 10.4. The van der Waals surface area contributed by atoms with Crippen molar-refractivity contribution in [3.8, 4) is 11.5 Å². The number of nitrogens with zero attached hydrogens (tertiary/aromatic N) is 2. The molecule has 7 nitrogen and oxygen atoms in total. The molecule has 0 spiro atoms. The molecule has 0 atom stereocenters. The van der Waals surface area contributed by atoms with Gasteiger partial charge in [-0.15, -0.1) is 24.0 Å². The fourth-order valence-corrected chi connectivity index (χ4v) is 2.95. The summed E-state index contributed by atoms with van der Waals surface area (Å²) in [6.45, 7) is 5.88. The molecule has 0 fully saturated rings. The Bertz CT molecular complexity index is 755. The van der Waals surface area contributed by atoms with Crippen molar-refractivity contribution in [2.45, 2.75) is 39.7 Å².